The molecule has 180 valence electrons. The molecule has 2 heterocycles. The number of hydrogen-bond acceptors (Lipinski definition) is 9. The van der Waals surface area contributed by atoms with Crippen molar-refractivity contribution in [3.05, 3.63) is 94.7 Å². The van der Waals surface area contributed by atoms with Crippen molar-refractivity contribution in [2.75, 3.05) is 12.9 Å². The molecule has 4 rings (SSSR count). The molecule has 35 heavy (non-hydrogen) atoms. The molecule has 11 heteroatoms. The molecule has 2 aromatic carbocycles. The van der Waals surface area contributed by atoms with Crippen molar-refractivity contribution >= 4 is 40.8 Å². The third kappa shape index (κ3) is 4.52. The van der Waals surface area contributed by atoms with Crippen molar-refractivity contribution < 1.29 is 19.6 Å². The van der Waals surface area contributed by atoms with E-state index in [1.165, 1.54) is 28.8 Å². The van der Waals surface area contributed by atoms with Gasteiger partial charge in [0, 0.05) is 16.5 Å². The average Bonchev–Trinajstić information content (AvgIpc) is 3.13. The number of benzene rings is 2. The number of aromatic hydroxyl groups is 1. The van der Waals surface area contributed by atoms with Gasteiger partial charge in [0.2, 0.25) is 5.75 Å². The molecule has 0 amide bonds. The second-order valence-corrected chi connectivity index (χ2v) is 9.44. The highest BCUT2D eigenvalue weighted by molar-refractivity contribution is 7.98. The van der Waals surface area contributed by atoms with E-state index in [0.29, 0.717) is 16.1 Å². The number of ether oxygens (including phenoxy) is 1. The average molecular weight is 512 g/mol. The number of phenols is 1. The van der Waals surface area contributed by atoms with Gasteiger partial charge < -0.3 is 9.84 Å². The maximum atomic E-state index is 13.6. The summed E-state index contributed by atoms with van der Waals surface area (Å²) in [5.41, 5.74) is 0.651. The van der Waals surface area contributed by atoms with Gasteiger partial charge in [0.05, 0.1) is 33.4 Å². The number of nitrogens with zero attached hydrogens (tertiary/aromatic N) is 3. The molecule has 0 saturated heterocycles. The van der Waals surface area contributed by atoms with E-state index in [0.717, 1.165) is 16.2 Å². The lowest BCUT2D eigenvalue weighted by Crippen LogP contribution is -2.39. The number of thioether (sulfide) groups is 1. The first-order chi connectivity index (χ1) is 16.8. The number of nitro benzene ring substituents is 1. The number of carbonyl (C=O) groups excluding carboxylic acids is 1. The summed E-state index contributed by atoms with van der Waals surface area (Å²) >= 11 is 2.65. The van der Waals surface area contributed by atoms with E-state index in [1.807, 2.05) is 30.5 Å². The Kier molecular flexibility index (Phi) is 6.90. The van der Waals surface area contributed by atoms with Gasteiger partial charge >= 0.3 is 11.7 Å². The van der Waals surface area contributed by atoms with Crippen molar-refractivity contribution in [3.8, 4) is 5.75 Å². The van der Waals surface area contributed by atoms with Crippen LogP contribution in [0.25, 0.3) is 6.08 Å². The molecular formula is C24H21N3O6S2. The van der Waals surface area contributed by atoms with Gasteiger partial charge in [0.25, 0.3) is 5.56 Å². The largest absolute Gasteiger partial charge is 0.502 e. The van der Waals surface area contributed by atoms with E-state index in [1.54, 1.807) is 25.6 Å². The van der Waals surface area contributed by atoms with Crippen LogP contribution < -0.4 is 14.9 Å². The van der Waals surface area contributed by atoms with Gasteiger partial charge in [-0.25, -0.2) is 9.79 Å². The smallest absolute Gasteiger partial charge is 0.338 e. The molecule has 1 aliphatic rings. The molecule has 0 radical (unpaired) electrons. The lowest BCUT2D eigenvalue weighted by atomic mass is 9.96. The maximum Gasteiger partial charge on any atom is 0.338 e. The molecule has 1 unspecified atom stereocenters. The number of para-hydroxylation sites is 1. The van der Waals surface area contributed by atoms with E-state index in [9.17, 15) is 24.8 Å². The van der Waals surface area contributed by atoms with Crippen molar-refractivity contribution in [1.82, 2.24) is 4.57 Å². The Morgan fingerprint density at radius 1 is 1.31 bits per heavy atom. The Labute approximate surface area is 207 Å². The SMILES string of the molecule is CCOC(=O)C1=C(C)N=c2s/c(=C/c3cccc([N+](=O)[O-])c3O)c(=O)n2C1c1ccc(SC)cc1. The summed E-state index contributed by atoms with van der Waals surface area (Å²) in [6.45, 7) is 3.57. The Hall–Kier alpha value is -3.70. The number of phenolic OH excluding ortho intramolecular Hbond substituents is 1. The molecule has 1 atom stereocenters. The van der Waals surface area contributed by atoms with Crippen molar-refractivity contribution in [1.29, 1.82) is 0 Å². The van der Waals surface area contributed by atoms with E-state index in [-0.39, 0.29) is 22.3 Å². The molecule has 1 aliphatic heterocycles. The number of aromatic nitrogens is 1. The van der Waals surface area contributed by atoms with Crippen molar-refractivity contribution in [3.63, 3.8) is 0 Å². The monoisotopic (exact) mass is 511 g/mol. The third-order valence-corrected chi connectivity index (χ3v) is 7.20. The van der Waals surface area contributed by atoms with Crippen LogP contribution in [0.2, 0.25) is 0 Å². The second-order valence-electron chi connectivity index (χ2n) is 7.55. The molecule has 0 fully saturated rings. The zero-order valence-electron chi connectivity index (χ0n) is 19.0. The van der Waals surface area contributed by atoms with Crippen LogP contribution in [0.15, 0.2) is 68.4 Å². The highest BCUT2D eigenvalue weighted by atomic mass is 32.2. The van der Waals surface area contributed by atoms with Gasteiger partial charge in [-0.3, -0.25) is 19.5 Å². The van der Waals surface area contributed by atoms with Crippen LogP contribution in [0, 0.1) is 10.1 Å². The molecule has 0 spiro atoms. The molecule has 3 aromatic rings. The first-order valence-corrected chi connectivity index (χ1v) is 12.6. The van der Waals surface area contributed by atoms with Crippen molar-refractivity contribution in [2.45, 2.75) is 24.8 Å². The molecule has 0 bridgehead atoms. The van der Waals surface area contributed by atoms with E-state index >= 15 is 0 Å². The van der Waals surface area contributed by atoms with Gasteiger partial charge in [-0.2, -0.15) is 0 Å². The summed E-state index contributed by atoms with van der Waals surface area (Å²) in [6.07, 6.45) is 3.35. The Morgan fingerprint density at radius 2 is 2.03 bits per heavy atom. The van der Waals surface area contributed by atoms with Crippen LogP contribution >= 0.6 is 23.1 Å². The standard InChI is InChI=1S/C24H21N3O6S2/c1-4-33-23(30)19-13(2)25-24-26(20(19)14-8-10-16(34-3)11-9-14)22(29)18(35-24)12-15-6-5-7-17(21(15)28)27(31)32/h5-12,20,28H,4H2,1-3H3/b18-12+. The number of carbonyl (C=O) groups is 1. The zero-order valence-corrected chi connectivity index (χ0v) is 20.7. The maximum absolute atomic E-state index is 13.6. The van der Waals surface area contributed by atoms with Crippen LogP contribution in [-0.2, 0) is 9.53 Å². The minimum absolute atomic E-state index is 0.131. The van der Waals surface area contributed by atoms with E-state index < -0.39 is 33.9 Å². The Balaban J connectivity index is 1.95. The summed E-state index contributed by atoms with van der Waals surface area (Å²) in [5, 5.41) is 21.5. The van der Waals surface area contributed by atoms with E-state index in [4.69, 9.17) is 4.74 Å². The molecular weight excluding hydrogens is 490 g/mol. The predicted octanol–water partition coefficient (Wildman–Crippen LogP) is 3.13. The van der Waals surface area contributed by atoms with Crippen molar-refractivity contribution in [2.24, 2.45) is 4.99 Å². The zero-order chi connectivity index (χ0) is 25.3. The lowest BCUT2D eigenvalue weighted by molar-refractivity contribution is -0.385. The normalized spacial score (nSPS) is 15.5. The van der Waals surface area contributed by atoms with Crippen LogP contribution in [0.4, 0.5) is 5.69 Å². The first kappa shape index (κ1) is 24.4. The van der Waals surface area contributed by atoms with Crippen LogP contribution in [0.5, 0.6) is 5.75 Å². The quantitative estimate of drug-likeness (QED) is 0.233. The fourth-order valence-electron chi connectivity index (χ4n) is 3.85. The molecule has 0 saturated carbocycles. The number of hydrogen-bond donors (Lipinski definition) is 1. The van der Waals surface area contributed by atoms with Crippen LogP contribution in [0.1, 0.15) is 31.0 Å². The van der Waals surface area contributed by atoms with Crippen LogP contribution in [-0.4, -0.2) is 33.4 Å². The van der Waals surface area contributed by atoms with Gasteiger partial charge in [-0.1, -0.05) is 35.6 Å². The predicted molar refractivity (Wildman–Crippen MR) is 133 cm³/mol. The van der Waals surface area contributed by atoms with E-state index in [2.05, 4.69) is 4.99 Å². The van der Waals surface area contributed by atoms with Gasteiger partial charge in [-0.15, -0.1) is 11.8 Å². The number of esters is 1. The Morgan fingerprint density at radius 3 is 2.66 bits per heavy atom. The first-order valence-electron chi connectivity index (χ1n) is 10.6. The number of thiazole rings is 1. The van der Waals surface area contributed by atoms with Gasteiger partial charge in [-0.05, 0) is 43.9 Å². The third-order valence-electron chi connectivity index (χ3n) is 5.48. The van der Waals surface area contributed by atoms with Crippen LogP contribution in [0.3, 0.4) is 0 Å². The number of rotatable bonds is 6. The highest BCUT2D eigenvalue weighted by Gasteiger charge is 2.33. The molecule has 1 N–H and O–H groups in total. The second kappa shape index (κ2) is 9.88. The Bertz CT molecular complexity index is 1540. The number of allylic oxidation sites excluding steroid dienone is 1. The molecule has 9 nitrogen and oxygen atoms in total. The highest BCUT2D eigenvalue weighted by Crippen LogP contribution is 2.32. The lowest BCUT2D eigenvalue weighted by Gasteiger charge is -2.24. The summed E-state index contributed by atoms with van der Waals surface area (Å²) in [7, 11) is 0. The minimum Gasteiger partial charge on any atom is -0.502 e. The summed E-state index contributed by atoms with van der Waals surface area (Å²) in [5.74, 6) is -1.09. The van der Waals surface area contributed by atoms with Gasteiger partial charge in [0.15, 0.2) is 4.80 Å². The fraction of sp³-hybridized carbons (Fsp3) is 0.208. The molecule has 1 aromatic heterocycles. The number of fused-ring (bicyclic) bond motifs is 1. The summed E-state index contributed by atoms with van der Waals surface area (Å²) in [4.78, 5) is 42.9. The topological polar surface area (TPSA) is 124 Å². The van der Waals surface area contributed by atoms with Gasteiger partial charge in [0.1, 0.15) is 0 Å². The minimum atomic E-state index is -0.762. The molecule has 0 aliphatic carbocycles. The number of nitro groups is 1. The summed E-state index contributed by atoms with van der Waals surface area (Å²) in [6, 6.07) is 10.9. The summed E-state index contributed by atoms with van der Waals surface area (Å²) < 4.78 is 6.92. The fourth-order valence-corrected chi connectivity index (χ4v) is 5.29.